The van der Waals surface area contributed by atoms with Gasteiger partial charge in [0.1, 0.15) is 0 Å². The van der Waals surface area contributed by atoms with E-state index >= 15 is 0 Å². The minimum Gasteiger partial charge on any atom is -0.397 e. The number of nitrogen functional groups attached to an aromatic ring is 1. The second-order valence-corrected chi connectivity index (χ2v) is 7.67. The lowest BCUT2D eigenvalue weighted by atomic mass is 10.2. The summed E-state index contributed by atoms with van der Waals surface area (Å²) < 4.78 is 26.4. The minimum absolute atomic E-state index is 0.0213. The molecule has 0 radical (unpaired) electrons. The number of rotatable bonds is 4. The monoisotopic (exact) mass is 358 g/mol. The van der Waals surface area contributed by atoms with Crippen molar-refractivity contribution < 1.29 is 13.2 Å². The van der Waals surface area contributed by atoms with E-state index in [0.717, 1.165) is 17.3 Å². The maximum Gasteiger partial charge on any atom is 0.262 e. The molecule has 0 aliphatic carbocycles. The highest BCUT2D eigenvalue weighted by Gasteiger charge is 2.17. The van der Waals surface area contributed by atoms with E-state index in [1.807, 2.05) is 25.1 Å². The lowest BCUT2D eigenvalue weighted by molar-refractivity contribution is 0.0963. The molecule has 0 amide bonds. The first-order chi connectivity index (χ1) is 11.8. The fourth-order valence-electron chi connectivity index (χ4n) is 2.72. The van der Waals surface area contributed by atoms with Crippen molar-refractivity contribution in [3.8, 4) is 0 Å². The number of para-hydroxylation sites is 1. The number of nitrogens with zero attached hydrogens (tertiary/aromatic N) is 2. The van der Waals surface area contributed by atoms with Crippen molar-refractivity contribution in [2.24, 2.45) is 0 Å². The Morgan fingerprint density at radius 1 is 1.28 bits per heavy atom. The van der Waals surface area contributed by atoms with Gasteiger partial charge in [0.05, 0.1) is 29.7 Å². The van der Waals surface area contributed by atoms with E-state index in [1.54, 1.807) is 22.8 Å². The van der Waals surface area contributed by atoms with Crippen LogP contribution in [0.5, 0.6) is 0 Å². The molecule has 0 fully saturated rings. The van der Waals surface area contributed by atoms with Crippen molar-refractivity contribution in [1.29, 1.82) is 0 Å². The molecule has 3 aromatic rings. The Balaban J connectivity index is 2.01. The highest BCUT2D eigenvalue weighted by atomic mass is 32.2. The van der Waals surface area contributed by atoms with E-state index in [4.69, 9.17) is 5.73 Å². The van der Waals surface area contributed by atoms with Gasteiger partial charge in [-0.25, -0.2) is 13.1 Å². The van der Waals surface area contributed by atoms with Crippen LogP contribution in [0.4, 0.5) is 5.69 Å². The van der Waals surface area contributed by atoms with Crippen LogP contribution in [0.3, 0.4) is 0 Å². The Kier molecular flexibility index (Phi) is 4.32. The van der Waals surface area contributed by atoms with Gasteiger partial charge < -0.3 is 5.73 Å². The number of sulfonamides is 1. The number of hydrogen-bond acceptors (Lipinski definition) is 5. The molecule has 0 saturated heterocycles. The zero-order valence-electron chi connectivity index (χ0n) is 13.9. The first-order valence-electron chi connectivity index (χ1n) is 7.57. The average molecular weight is 358 g/mol. The third kappa shape index (κ3) is 3.54. The summed E-state index contributed by atoms with van der Waals surface area (Å²) in [5.74, 6) is -0.242. The summed E-state index contributed by atoms with van der Waals surface area (Å²) in [5, 5.41) is 0.888. The summed E-state index contributed by atoms with van der Waals surface area (Å²) in [6.07, 6.45) is 2.55. The lowest BCUT2D eigenvalue weighted by Gasteiger charge is -2.10. The Hall–Kier alpha value is -2.71. The van der Waals surface area contributed by atoms with Gasteiger partial charge in [-0.1, -0.05) is 12.1 Å². The topological polar surface area (TPSA) is 107 Å². The molecular formula is C17H18N4O3S. The van der Waals surface area contributed by atoms with Crippen molar-refractivity contribution in [2.45, 2.75) is 13.5 Å². The molecule has 0 spiro atoms. The Bertz CT molecular complexity index is 1070. The lowest BCUT2D eigenvalue weighted by Crippen LogP contribution is -2.22. The van der Waals surface area contributed by atoms with Crippen LogP contribution in [-0.2, 0) is 16.6 Å². The number of fused-ring (bicyclic) bond motifs is 1. The van der Waals surface area contributed by atoms with Gasteiger partial charge in [0.15, 0.2) is 0 Å². The fraction of sp³-hybridized carbons (Fsp3) is 0.176. The number of hydrogen-bond donors (Lipinski definition) is 2. The number of aromatic nitrogens is 2. The van der Waals surface area contributed by atoms with E-state index in [9.17, 15) is 13.2 Å². The van der Waals surface area contributed by atoms with Crippen molar-refractivity contribution in [2.75, 3.05) is 12.0 Å². The predicted molar refractivity (Wildman–Crippen MR) is 96.7 cm³/mol. The Morgan fingerprint density at radius 3 is 2.76 bits per heavy atom. The van der Waals surface area contributed by atoms with E-state index < -0.39 is 10.0 Å². The molecule has 0 aliphatic heterocycles. The number of nitrogens with two attached hydrogens (primary N) is 1. The van der Waals surface area contributed by atoms with Crippen LogP contribution in [0.15, 0.2) is 42.6 Å². The van der Waals surface area contributed by atoms with E-state index in [-0.39, 0.29) is 12.5 Å². The molecule has 7 nitrogen and oxygen atoms in total. The summed E-state index contributed by atoms with van der Waals surface area (Å²) in [7, 11) is -3.34. The number of benzene rings is 1. The van der Waals surface area contributed by atoms with Crippen molar-refractivity contribution in [1.82, 2.24) is 14.3 Å². The van der Waals surface area contributed by atoms with Crippen LogP contribution in [0.1, 0.15) is 21.7 Å². The van der Waals surface area contributed by atoms with Crippen molar-refractivity contribution >= 4 is 32.5 Å². The Morgan fingerprint density at radius 2 is 2.04 bits per heavy atom. The third-order valence-electron chi connectivity index (χ3n) is 3.82. The van der Waals surface area contributed by atoms with Gasteiger partial charge in [-0.3, -0.25) is 14.3 Å². The minimum atomic E-state index is -3.34. The molecule has 25 heavy (non-hydrogen) atoms. The molecule has 3 rings (SSSR count). The highest BCUT2D eigenvalue weighted by molar-refractivity contribution is 7.88. The van der Waals surface area contributed by atoms with E-state index in [2.05, 4.69) is 9.71 Å². The fourth-order valence-corrected chi connectivity index (χ4v) is 3.13. The first kappa shape index (κ1) is 17.1. The summed E-state index contributed by atoms with van der Waals surface area (Å²) in [6.45, 7) is 1.86. The smallest absolute Gasteiger partial charge is 0.262 e. The van der Waals surface area contributed by atoms with Gasteiger partial charge in [-0.2, -0.15) is 0 Å². The van der Waals surface area contributed by atoms with Crippen LogP contribution in [0.2, 0.25) is 0 Å². The first-order valence-corrected chi connectivity index (χ1v) is 9.46. The second kappa shape index (κ2) is 6.30. The molecule has 130 valence electrons. The second-order valence-electron chi connectivity index (χ2n) is 5.84. The molecule has 0 aliphatic rings. The van der Waals surface area contributed by atoms with Gasteiger partial charge >= 0.3 is 0 Å². The number of carbonyl (C=O) groups is 1. The van der Waals surface area contributed by atoms with Crippen LogP contribution in [-0.4, -0.2) is 30.1 Å². The van der Waals surface area contributed by atoms with Gasteiger partial charge in [0.2, 0.25) is 10.0 Å². The standard InChI is InChI=1S/C17H18N4O3S/c1-11-8-12-4-3-5-15(18)16(12)21(11)17(22)13-6-7-19-14(9-13)10-20-25(2,23)24/h3-9,20H,10,18H2,1-2H3. The highest BCUT2D eigenvalue weighted by Crippen LogP contribution is 2.26. The molecule has 3 N–H and O–H groups in total. The summed E-state index contributed by atoms with van der Waals surface area (Å²) in [5.41, 5.74) is 8.87. The molecule has 2 heterocycles. The summed E-state index contributed by atoms with van der Waals surface area (Å²) in [4.78, 5) is 17.1. The molecular weight excluding hydrogens is 340 g/mol. The SMILES string of the molecule is Cc1cc2cccc(N)c2n1C(=O)c1ccnc(CNS(C)(=O)=O)c1. The van der Waals surface area contributed by atoms with E-state index in [0.29, 0.717) is 22.5 Å². The number of pyridine rings is 1. The van der Waals surface area contributed by atoms with Gasteiger partial charge in [0, 0.05) is 22.8 Å². The van der Waals surface area contributed by atoms with Crippen LogP contribution < -0.4 is 10.5 Å². The number of anilines is 1. The number of aryl methyl sites for hydroxylation is 1. The number of carbonyl (C=O) groups excluding carboxylic acids is 1. The van der Waals surface area contributed by atoms with E-state index in [1.165, 1.54) is 6.20 Å². The van der Waals surface area contributed by atoms with Crippen LogP contribution in [0, 0.1) is 6.92 Å². The van der Waals surface area contributed by atoms with Crippen molar-refractivity contribution in [3.05, 3.63) is 59.5 Å². The summed E-state index contributed by atoms with van der Waals surface area (Å²) >= 11 is 0. The zero-order valence-corrected chi connectivity index (χ0v) is 14.7. The molecule has 0 unspecified atom stereocenters. The maximum absolute atomic E-state index is 13.0. The zero-order chi connectivity index (χ0) is 18.2. The van der Waals surface area contributed by atoms with Crippen molar-refractivity contribution in [3.63, 3.8) is 0 Å². The normalized spacial score (nSPS) is 11.8. The third-order valence-corrected chi connectivity index (χ3v) is 4.49. The molecule has 8 heteroatoms. The van der Waals surface area contributed by atoms with Crippen LogP contribution >= 0.6 is 0 Å². The Labute approximate surface area is 145 Å². The molecule has 1 aromatic carbocycles. The number of nitrogens with one attached hydrogen (secondary N) is 1. The molecule has 0 bridgehead atoms. The van der Waals surface area contributed by atoms with Gasteiger partial charge in [-0.05, 0) is 31.2 Å². The quantitative estimate of drug-likeness (QED) is 0.690. The largest absolute Gasteiger partial charge is 0.397 e. The molecule has 0 saturated carbocycles. The summed E-state index contributed by atoms with van der Waals surface area (Å²) in [6, 6.07) is 10.6. The van der Waals surface area contributed by atoms with Crippen LogP contribution in [0.25, 0.3) is 10.9 Å². The molecule has 0 atom stereocenters. The van der Waals surface area contributed by atoms with Gasteiger partial charge in [0.25, 0.3) is 5.91 Å². The predicted octanol–water partition coefficient (Wildman–Crippen LogP) is 1.66. The van der Waals surface area contributed by atoms with Gasteiger partial charge in [-0.15, -0.1) is 0 Å². The maximum atomic E-state index is 13.0. The average Bonchev–Trinajstić information content (AvgIpc) is 2.89. The molecule has 2 aromatic heterocycles.